The highest BCUT2D eigenvalue weighted by Gasteiger charge is 2.27. The summed E-state index contributed by atoms with van der Waals surface area (Å²) in [6.45, 7) is 3.00. The van der Waals surface area contributed by atoms with Crippen LogP contribution in [-0.4, -0.2) is 15.9 Å². The molecular weight excluding hydrogens is 158 g/mol. The van der Waals surface area contributed by atoms with Gasteiger partial charge >= 0.3 is 0 Å². The van der Waals surface area contributed by atoms with Crippen LogP contribution in [0.25, 0.3) is 0 Å². The van der Waals surface area contributed by atoms with Gasteiger partial charge in [0.05, 0.1) is 0 Å². The van der Waals surface area contributed by atoms with Crippen LogP contribution in [0.3, 0.4) is 0 Å². The van der Waals surface area contributed by atoms with E-state index in [9.17, 15) is 0 Å². The summed E-state index contributed by atoms with van der Waals surface area (Å²) < 4.78 is 4.26. The molecule has 4 heteroatoms. The molecule has 0 aliphatic heterocycles. The minimum Gasteiger partial charge on any atom is -0.361 e. The van der Waals surface area contributed by atoms with Crippen LogP contribution in [0.5, 0.6) is 0 Å². The third-order valence-corrected chi connectivity index (χ3v) is 2.40. The van der Waals surface area contributed by atoms with Gasteiger partial charge in [0.2, 0.25) is 5.13 Å². The van der Waals surface area contributed by atoms with Crippen molar-refractivity contribution in [2.45, 2.75) is 25.7 Å². The SMILES string of the molecule is CCNc1nc(C2CC2)ns1. The maximum absolute atomic E-state index is 4.36. The largest absolute Gasteiger partial charge is 0.361 e. The molecule has 2 rings (SSSR count). The van der Waals surface area contributed by atoms with Gasteiger partial charge in [-0.25, -0.2) is 4.98 Å². The molecule has 0 saturated heterocycles. The molecule has 3 nitrogen and oxygen atoms in total. The highest BCUT2D eigenvalue weighted by atomic mass is 32.1. The van der Waals surface area contributed by atoms with E-state index in [-0.39, 0.29) is 0 Å². The quantitative estimate of drug-likeness (QED) is 0.750. The van der Waals surface area contributed by atoms with E-state index in [1.165, 1.54) is 24.4 Å². The van der Waals surface area contributed by atoms with Crippen LogP contribution in [0, 0.1) is 0 Å². The van der Waals surface area contributed by atoms with Gasteiger partial charge in [-0.1, -0.05) is 0 Å². The fraction of sp³-hybridized carbons (Fsp3) is 0.714. The molecule has 0 bridgehead atoms. The Kier molecular flexibility index (Phi) is 1.77. The fourth-order valence-electron chi connectivity index (χ4n) is 0.965. The Morgan fingerprint density at radius 1 is 1.64 bits per heavy atom. The summed E-state index contributed by atoms with van der Waals surface area (Å²) in [6.07, 6.45) is 2.56. The van der Waals surface area contributed by atoms with Crippen LogP contribution in [-0.2, 0) is 0 Å². The lowest BCUT2D eigenvalue weighted by molar-refractivity contribution is 0.982. The zero-order chi connectivity index (χ0) is 7.68. The zero-order valence-electron chi connectivity index (χ0n) is 6.50. The topological polar surface area (TPSA) is 37.8 Å². The van der Waals surface area contributed by atoms with Crippen LogP contribution in [0.2, 0.25) is 0 Å². The van der Waals surface area contributed by atoms with Crippen molar-refractivity contribution >= 4 is 16.7 Å². The second-order valence-corrected chi connectivity index (χ2v) is 3.51. The molecule has 1 N–H and O–H groups in total. The van der Waals surface area contributed by atoms with Crippen molar-refractivity contribution in [2.24, 2.45) is 0 Å². The van der Waals surface area contributed by atoms with E-state index < -0.39 is 0 Å². The van der Waals surface area contributed by atoms with Crippen molar-refractivity contribution in [2.75, 3.05) is 11.9 Å². The molecule has 0 atom stereocenters. The monoisotopic (exact) mass is 169 g/mol. The average Bonchev–Trinajstić information content (AvgIpc) is 2.75. The van der Waals surface area contributed by atoms with Crippen LogP contribution < -0.4 is 5.32 Å². The third-order valence-electron chi connectivity index (χ3n) is 1.71. The van der Waals surface area contributed by atoms with E-state index >= 15 is 0 Å². The first kappa shape index (κ1) is 7.03. The van der Waals surface area contributed by atoms with Crippen LogP contribution in [0.1, 0.15) is 31.5 Å². The lowest BCUT2D eigenvalue weighted by Gasteiger charge is -1.91. The minimum atomic E-state index is 0.679. The molecule has 60 valence electrons. The lowest BCUT2D eigenvalue weighted by Crippen LogP contribution is -1.95. The Morgan fingerprint density at radius 3 is 3.09 bits per heavy atom. The van der Waals surface area contributed by atoms with Crippen LogP contribution >= 0.6 is 11.5 Å². The van der Waals surface area contributed by atoms with Crippen molar-refractivity contribution in [3.05, 3.63) is 5.82 Å². The Balaban J connectivity index is 2.06. The summed E-state index contributed by atoms with van der Waals surface area (Å²) in [5.74, 6) is 1.73. The summed E-state index contributed by atoms with van der Waals surface area (Å²) >= 11 is 1.47. The van der Waals surface area contributed by atoms with Crippen molar-refractivity contribution in [1.82, 2.24) is 9.36 Å². The summed E-state index contributed by atoms with van der Waals surface area (Å²) in [5, 5.41) is 4.12. The molecule has 1 fully saturated rings. The predicted octanol–water partition coefficient (Wildman–Crippen LogP) is 1.85. The number of nitrogens with one attached hydrogen (secondary N) is 1. The lowest BCUT2D eigenvalue weighted by atomic mass is 10.4. The normalized spacial score (nSPS) is 16.8. The Bertz CT molecular complexity index is 242. The van der Waals surface area contributed by atoms with Crippen LogP contribution in [0.4, 0.5) is 5.13 Å². The van der Waals surface area contributed by atoms with E-state index in [1.807, 2.05) is 0 Å². The van der Waals surface area contributed by atoms with Gasteiger partial charge in [0.15, 0.2) is 0 Å². The third kappa shape index (κ3) is 1.50. The van der Waals surface area contributed by atoms with Gasteiger partial charge in [-0.15, -0.1) is 0 Å². The molecular formula is C7H11N3S. The van der Waals surface area contributed by atoms with Gasteiger partial charge in [-0.2, -0.15) is 4.37 Å². The minimum absolute atomic E-state index is 0.679. The predicted molar refractivity (Wildman–Crippen MR) is 46.0 cm³/mol. The number of anilines is 1. The molecule has 0 spiro atoms. The van der Waals surface area contributed by atoms with E-state index in [0.29, 0.717) is 5.92 Å². The first-order valence-electron chi connectivity index (χ1n) is 3.97. The van der Waals surface area contributed by atoms with E-state index in [0.717, 1.165) is 17.5 Å². The van der Waals surface area contributed by atoms with Gasteiger partial charge in [-0.3, -0.25) is 0 Å². The Labute approximate surface area is 70.0 Å². The second kappa shape index (κ2) is 2.77. The number of nitrogens with zero attached hydrogens (tertiary/aromatic N) is 2. The van der Waals surface area contributed by atoms with Gasteiger partial charge < -0.3 is 5.32 Å². The van der Waals surface area contributed by atoms with Crippen molar-refractivity contribution < 1.29 is 0 Å². The highest BCUT2D eigenvalue weighted by Crippen LogP contribution is 2.39. The summed E-state index contributed by atoms with van der Waals surface area (Å²) in [5.41, 5.74) is 0. The number of aromatic nitrogens is 2. The van der Waals surface area contributed by atoms with Gasteiger partial charge in [-0.05, 0) is 19.8 Å². The van der Waals surface area contributed by atoms with E-state index in [2.05, 4.69) is 21.6 Å². The zero-order valence-corrected chi connectivity index (χ0v) is 7.32. The fourth-order valence-corrected chi connectivity index (χ4v) is 1.68. The van der Waals surface area contributed by atoms with Crippen LogP contribution in [0.15, 0.2) is 0 Å². The maximum atomic E-state index is 4.36. The smallest absolute Gasteiger partial charge is 0.202 e. The van der Waals surface area contributed by atoms with Gasteiger partial charge in [0.25, 0.3) is 0 Å². The molecule has 1 saturated carbocycles. The van der Waals surface area contributed by atoms with Crippen molar-refractivity contribution in [3.63, 3.8) is 0 Å². The molecule has 11 heavy (non-hydrogen) atoms. The number of rotatable bonds is 3. The molecule has 1 aromatic rings. The molecule has 0 radical (unpaired) electrons. The molecule has 0 unspecified atom stereocenters. The summed E-state index contributed by atoms with van der Waals surface area (Å²) in [6, 6.07) is 0. The molecule has 1 aliphatic carbocycles. The maximum Gasteiger partial charge on any atom is 0.202 e. The number of hydrogen-bond donors (Lipinski definition) is 1. The van der Waals surface area contributed by atoms with Crippen molar-refractivity contribution in [3.8, 4) is 0 Å². The molecule has 1 aromatic heterocycles. The summed E-state index contributed by atoms with van der Waals surface area (Å²) in [7, 11) is 0. The van der Waals surface area contributed by atoms with E-state index in [1.54, 1.807) is 0 Å². The van der Waals surface area contributed by atoms with Crippen molar-refractivity contribution in [1.29, 1.82) is 0 Å². The molecule has 0 aromatic carbocycles. The average molecular weight is 169 g/mol. The molecule has 1 heterocycles. The Hall–Kier alpha value is -0.640. The summed E-state index contributed by atoms with van der Waals surface area (Å²) in [4.78, 5) is 4.36. The standard InChI is InChI=1S/C7H11N3S/c1-2-8-7-9-6(10-11-7)5-3-4-5/h5H,2-4H2,1H3,(H,8,9,10). The van der Waals surface area contributed by atoms with Gasteiger partial charge in [0, 0.05) is 24.0 Å². The number of hydrogen-bond acceptors (Lipinski definition) is 4. The second-order valence-electron chi connectivity index (χ2n) is 2.76. The van der Waals surface area contributed by atoms with Gasteiger partial charge in [0.1, 0.15) is 5.82 Å². The first-order chi connectivity index (χ1) is 5.40. The molecule has 0 amide bonds. The first-order valence-corrected chi connectivity index (χ1v) is 4.75. The molecule has 1 aliphatic rings. The van der Waals surface area contributed by atoms with E-state index in [4.69, 9.17) is 0 Å². The highest BCUT2D eigenvalue weighted by molar-refractivity contribution is 7.09. The Morgan fingerprint density at radius 2 is 2.45 bits per heavy atom.